The van der Waals surface area contributed by atoms with E-state index in [1.54, 1.807) is 7.05 Å². The van der Waals surface area contributed by atoms with Gasteiger partial charge in [0.1, 0.15) is 0 Å². The van der Waals surface area contributed by atoms with Crippen LogP contribution in [0.2, 0.25) is 0 Å². The number of carbonyl (C=O) groups excluding carboxylic acids is 2. The Hall–Kier alpha value is -2.08. The van der Waals surface area contributed by atoms with Crippen molar-refractivity contribution in [2.45, 2.75) is 6.92 Å². The maximum Gasteiger partial charge on any atom is 0.636 e. The van der Waals surface area contributed by atoms with Gasteiger partial charge in [0, 0.05) is 5.47 Å². The predicted octanol–water partition coefficient (Wildman–Crippen LogP) is 1.07. The molecule has 20 heavy (non-hydrogen) atoms. The summed E-state index contributed by atoms with van der Waals surface area (Å²) in [7, 11) is 0.587. The average Bonchev–Trinajstić information content (AvgIpc) is 2.36. The second kappa shape index (κ2) is 5.92. The van der Waals surface area contributed by atoms with Crippen LogP contribution in [0, 0.1) is 6.92 Å². The monoisotopic (exact) mass is 273 g/mol. The lowest BCUT2D eigenvalue weighted by atomic mass is 9.74. The Kier molecular flexibility index (Phi) is 4.24. The maximum absolute atomic E-state index is 11.7. The summed E-state index contributed by atoms with van der Waals surface area (Å²) in [6.07, 6.45) is 0. The Balaban J connectivity index is 2.16. The van der Waals surface area contributed by atoms with Crippen molar-refractivity contribution in [1.82, 2.24) is 4.90 Å². The second-order valence-corrected chi connectivity index (χ2v) is 4.88. The van der Waals surface area contributed by atoms with E-state index in [0.29, 0.717) is 5.47 Å². The number of benzene rings is 1. The zero-order valence-corrected chi connectivity index (χ0v) is 11.6. The molecule has 0 spiro atoms. The van der Waals surface area contributed by atoms with Crippen LogP contribution in [-0.4, -0.2) is 44.1 Å². The van der Waals surface area contributed by atoms with Crippen molar-refractivity contribution in [3.8, 4) is 0 Å². The highest BCUT2D eigenvalue weighted by molar-refractivity contribution is 6.70. The SMILES string of the molecule is C=C(B1OC(=O)CN(C)CC(=O)O1)c1ccc(C)cc1. The van der Waals surface area contributed by atoms with E-state index in [9.17, 15) is 9.59 Å². The minimum absolute atomic E-state index is 0.0484. The van der Waals surface area contributed by atoms with E-state index in [4.69, 9.17) is 9.31 Å². The van der Waals surface area contributed by atoms with Crippen LogP contribution in [-0.2, 0) is 18.9 Å². The zero-order chi connectivity index (χ0) is 14.7. The molecule has 2 rings (SSSR count). The fourth-order valence-electron chi connectivity index (χ4n) is 1.88. The van der Waals surface area contributed by atoms with Gasteiger partial charge in [-0.15, -0.1) is 0 Å². The van der Waals surface area contributed by atoms with Crippen LogP contribution >= 0.6 is 0 Å². The Labute approximate surface area is 118 Å². The molecule has 1 fully saturated rings. The van der Waals surface area contributed by atoms with Gasteiger partial charge in [0.05, 0.1) is 13.1 Å². The molecule has 1 aromatic rings. The van der Waals surface area contributed by atoms with Gasteiger partial charge in [-0.3, -0.25) is 14.5 Å². The van der Waals surface area contributed by atoms with E-state index in [0.717, 1.165) is 11.1 Å². The summed E-state index contributed by atoms with van der Waals surface area (Å²) in [6, 6.07) is 7.54. The van der Waals surface area contributed by atoms with Crippen molar-refractivity contribution in [3.05, 3.63) is 42.0 Å². The summed E-state index contributed by atoms with van der Waals surface area (Å²) in [4.78, 5) is 24.9. The van der Waals surface area contributed by atoms with Gasteiger partial charge in [-0.05, 0) is 19.5 Å². The summed E-state index contributed by atoms with van der Waals surface area (Å²) in [5.41, 5.74) is 2.33. The Morgan fingerprint density at radius 1 is 1.15 bits per heavy atom. The molecule has 6 heteroatoms. The quantitative estimate of drug-likeness (QED) is 0.754. The fourth-order valence-corrected chi connectivity index (χ4v) is 1.88. The molecular weight excluding hydrogens is 257 g/mol. The van der Waals surface area contributed by atoms with Gasteiger partial charge in [-0.2, -0.15) is 0 Å². The summed E-state index contributed by atoms with van der Waals surface area (Å²) in [6.45, 7) is 5.94. The van der Waals surface area contributed by atoms with E-state index >= 15 is 0 Å². The van der Waals surface area contributed by atoms with Crippen LogP contribution in [0.4, 0.5) is 0 Å². The van der Waals surface area contributed by atoms with Crippen molar-refractivity contribution >= 4 is 24.5 Å². The zero-order valence-electron chi connectivity index (χ0n) is 11.6. The molecule has 0 radical (unpaired) electrons. The third kappa shape index (κ3) is 3.48. The molecule has 0 N–H and O–H groups in total. The minimum atomic E-state index is -1.06. The van der Waals surface area contributed by atoms with Crippen LogP contribution in [0.1, 0.15) is 11.1 Å². The Morgan fingerprint density at radius 2 is 1.65 bits per heavy atom. The van der Waals surface area contributed by atoms with Gasteiger partial charge in [0.2, 0.25) is 0 Å². The van der Waals surface area contributed by atoms with Gasteiger partial charge in [-0.1, -0.05) is 36.4 Å². The second-order valence-electron chi connectivity index (χ2n) is 4.88. The number of aryl methyl sites for hydroxylation is 1. The molecule has 1 aromatic carbocycles. The van der Waals surface area contributed by atoms with Crippen LogP contribution in [0.25, 0.3) is 5.47 Å². The topological polar surface area (TPSA) is 55.8 Å². The van der Waals surface area contributed by atoms with E-state index < -0.39 is 19.1 Å². The summed E-state index contributed by atoms with van der Waals surface area (Å²) < 4.78 is 10.3. The normalized spacial score (nSPS) is 17.0. The molecule has 0 saturated carbocycles. The first kappa shape index (κ1) is 14.3. The number of rotatable bonds is 2. The molecule has 0 unspecified atom stereocenters. The largest absolute Gasteiger partial charge is 0.636 e. The number of carbonyl (C=O) groups is 2. The predicted molar refractivity (Wildman–Crippen MR) is 75.6 cm³/mol. The van der Waals surface area contributed by atoms with Crippen LogP contribution in [0.3, 0.4) is 0 Å². The molecule has 1 aliphatic heterocycles. The van der Waals surface area contributed by atoms with Crippen molar-refractivity contribution < 1.29 is 18.9 Å². The molecule has 0 aliphatic carbocycles. The first-order valence-electron chi connectivity index (χ1n) is 6.29. The highest BCUT2D eigenvalue weighted by atomic mass is 16.6. The van der Waals surface area contributed by atoms with Crippen molar-refractivity contribution in [3.63, 3.8) is 0 Å². The summed E-state index contributed by atoms with van der Waals surface area (Å²) in [5, 5.41) is 0. The van der Waals surface area contributed by atoms with E-state index in [2.05, 4.69) is 6.58 Å². The lowest BCUT2D eigenvalue weighted by Gasteiger charge is -2.23. The van der Waals surface area contributed by atoms with Crippen LogP contribution in [0.5, 0.6) is 0 Å². The Bertz CT molecular complexity index is 521. The molecule has 0 bridgehead atoms. The summed E-state index contributed by atoms with van der Waals surface area (Å²) >= 11 is 0. The molecule has 0 atom stereocenters. The van der Waals surface area contributed by atoms with Gasteiger partial charge in [-0.25, -0.2) is 0 Å². The number of likely N-dealkylation sites (N-methyl/N-ethyl adjacent to an activating group) is 1. The lowest BCUT2D eigenvalue weighted by molar-refractivity contribution is -0.145. The molecule has 1 aliphatic rings. The van der Waals surface area contributed by atoms with E-state index in [-0.39, 0.29) is 13.1 Å². The Morgan fingerprint density at radius 3 is 2.15 bits per heavy atom. The standard InChI is InChI=1S/C14H16BNO4/c1-10-4-6-12(7-5-10)11(2)15-19-13(17)8-16(3)9-14(18)20-15/h4-7H,2,8-9H2,1,3H3. The number of hydrogen-bond acceptors (Lipinski definition) is 5. The fraction of sp³-hybridized carbons (Fsp3) is 0.286. The lowest BCUT2D eigenvalue weighted by Crippen LogP contribution is -2.42. The van der Waals surface area contributed by atoms with Gasteiger partial charge in [0.25, 0.3) is 0 Å². The summed E-state index contributed by atoms with van der Waals surface area (Å²) in [5.74, 6) is -0.892. The van der Waals surface area contributed by atoms with Gasteiger partial charge in [0.15, 0.2) is 0 Å². The van der Waals surface area contributed by atoms with Gasteiger partial charge >= 0.3 is 19.1 Å². The molecule has 0 amide bonds. The van der Waals surface area contributed by atoms with Crippen molar-refractivity contribution in [2.24, 2.45) is 0 Å². The maximum atomic E-state index is 11.7. The van der Waals surface area contributed by atoms with Crippen LogP contribution < -0.4 is 0 Å². The number of hydrogen-bond donors (Lipinski definition) is 0. The molecule has 1 heterocycles. The molecular formula is C14H16BNO4. The molecule has 104 valence electrons. The third-order valence-corrected chi connectivity index (χ3v) is 2.98. The average molecular weight is 273 g/mol. The molecule has 0 aromatic heterocycles. The van der Waals surface area contributed by atoms with Crippen molar-refractivity contribution in [1.29, 1.82) is 0 Å². The highest BCUT2D eigenvalue weighted by Crippen LogP contribution is 2.19. The van der Waals surface area contributed by atoms with Crippen molar-refractivity contribution in [2.75, 3.05) is 20.1 Å². The van der Waals surface area contributed by atoms with Gasteiger partial charge < -0.3 is 9.31 Å². The number of nitrogens with zero attached hydrogens (tertiary/aromatic N) is 1. The smallest absolute Gasteiger partial charge is 0.494 e. The highest BCUT2D eigenvalue weighted by Gasteiger charge is 2.35. The van der Waals surface area contributed by atoms with E-state index in [1.165, 1.54) is 4.90 Å². The van der Waals surface area contributed by atoms with E-state index in [1.807, 2.05) is 31.2 Å². The minimum Gasteiger partial charge on any atom is -0.494 e. The third-order valence-electron chi connectivity index (χ3n) is 2.98. The van der Waals surface area contributed by atoms with Crippen LogP contribution in [0.15, 0.2) is 30.8 Å². The first-order chi connectivity index (χ1) is 9.45. The molecule has 1 saturated heterocycles. The molecule has 5 nitrogen and oxygen atoms in total. The first-order valence-corrected chi connectivity index (χ1v) is 6.29.